The molecule has 1 aliphatic rings. The summed E-state index contributed by atoms with van der Waals surface area (Å²) in [6.45, 7) is 5.61. The fourth-order valence-corrected chi connectivity index (χ4v) is 2.81. The Morgan fingerprint density at radius 1 is 1.30 bits per heavy atom. The van der Waals surface area contributed by atoms with E-state index in [0.29, 0.717) is 6.42 Å². The second kappa shape index (κ2) is 5.67. The molecule has 1 fully saturated rings. The maximum Gasteiger partial charge on any atom is 0.222 e. The van der Waals surface area contributed by atoms with Crippen molar-refractivity contribution in [2.75, 3.05) is 26.2 Å². The second-order valence-corrected chi connectivity index (χ2v) is 5.49. The molecule has 1 amide bonds. The summed E-state index contributed by atoms with van der Waals surface area (Å²) in [6.07, 6.45) is 3.45. The van der Waals surface area contributed by atoms with Crippen molar-refractivity contribution in [3.8, 4) is 0 Å². The lowest BCUT2D eigenvalue weighted by molar-refractivity contribution is -0.131. The Morgan fingerprint density at radius 2 is 2.10 bits per heavy atom. The first kappa shape index (κ1) is 13.2. The van der Waals surface area contributed by atoms with E-state index in [1.807, 2.05) is 11.1 Å². The highest BCUT2D eigenvalue weighted by Gasteiger charge is 2.16. The number of hydrogen-bond donors (Lipinski definition) is 2. The zero-order valence-corrected chi connectivity index (χ0v) is 11.9. The van der Waals surface area contributed by atoms with Crippen LogP contribution in [0.25, 0.3) is 10.9 Å². The van der Waals surface area contributed by atoms with Crippen LogP contribution in [0, 0.1) is 6.92 Å². The molecule has 1 aromatic heterocycles. The van der Waals surface area contributed by atoms with Gasteiger partial charge in [-0.3, -0.25) is 4.79 Å². The van der Waals surface area contributed by atoms with Gasteiger partial charge in [0.05, 0.1) is 0 Å². The van der Waals surface area contributed by atoms with Crippen molar-refractivity contribution in [3.05, 3.63) is 35.5 Å². The van der Waals surface area contributed by atoms with E-state index < -0.39 is 0 Å². The van der Waals surface area contributed by atoms with Crippen LogP contribution in [0.3, 0.4) is 0 Å². The predicted octanol–water partition coefficient (Wildman–Crippen LogP) is 1.84. The molecule has 0 radical (unpaired) electrons. The van der Waals surface area contributed by atoms with E-state index >= 15 is 0 Å². The van der Waals surface area contributed by atoms with Crippen molar-refractivity contribution in [3.63, 3.8) is 0 Å². The quantitative estimate of drug-likeness (QED) is 0.895. The summed E-state index contributed by atoms with van der Waals surface area (Å²) in [5, 5.41) is 4.52. The van der Waals surface area contributed by atoms with E-state index in [1.165, 1.54) is 16.5 Å². The molecular weight excluding hydrogens is 250 g/mol. The molecule has 1 aliphatic heterocycles. The Morgan fingerprint density at radius 3 is 2.90 bits per heavy atom. The summed E-state index contributed by atoms with van der Waals surface area (Å²) in [6, 6.07) is 6.40. The van der Waals surface area contributed by atoms with Crippen LogP contribution in [-0.4, -0.2) is 42.0 Å². The molecule has 0 spiro atoms. The number of aromatic nitrogens is 1. The van der Waals surface area contributed by atoms with Crippen LogP contribution in [0.5, 0.6) is 0 Å². The van der Waals surface area contributed by atoms with Crippen molar-refractivity contribution >= 4 is 16.8 Å². The third-order valence-electron chi connectivity index (χ3n) is 4.00. The van der Waals surface area contributed by atoms with E-state index in [9.17, 15) is 4.79 Å². The summed E-state index contributed by atoms with van der Waals surface area (Å²) in [5.74, 6) is 0.272. The van der Waals surface area contributed by atoms with Gasteiger partial charge < -0.3 is 15.2 Å². The lowest BCUT2D eigenvalue weighted by Gasteiger charge is -2.27. The Hall–Kier alpha value is -1.81. The summed E-state index contributed by atoms with van der Waals surface area (Å²) in [5.41, 5.74) is 3.65. The minimum Gasteiger partial charge on any atom is -0.361 e. The Kier molecular flexibility index (Phi) is 3.74. The van der Waals surface area contributed by atoms with Gasteiger partial charge in [0.15, 0.2) is 0 Å². The van der Waals surface area contributed by atoms with E-state index in [-0.39, 0.29) is 5.91 Å². The number of hydrogen-bond acceptors (Lipinski definition) is 2. The molecule has 3 rings (SSSR count). The highest BCUT2D eigenvalue weighted by Crippen LogP contribution is 2.21. The van der Waals surface area contributed by atoms with Gasteiger partial charge in [-0.25, -0.2) is 0 Å². The van der Waals surface area contributed by atoms with Gasteiger partial charge in [0.25, 0.3) is 0 Å². The van der Waals surface area contributed by atoms with Gasteiger partial charge in [0.2, 0.25) is 5.91 Å². The minimum atomic E-state index is 0.272. The number of aromatic amines is 1. The van der Waals surface area contributed by atoms with Crippen LogP contribution in [-0.2, 0) is 11.2 Å². The maximum atomic E-state index is 12.2. The van der Waals surface area contributed by atoms with Gasteiger partial charge in [0.1, 0.15) is 0 Å². The lowest BCUT2D eigenvalue weighted by atomic mass is 10.1. The summed E-state index contributed by atoms with van der Waals surface area (Å²) < 4.78 is 0. The van der Waals surface area contributed by atoms with Crippen LogP contribution < -0.4 is 5.32 Å². The van der Waals surface area contributed by atoms with Gasteiger partial charge in [0, 0.05) is 49.7 Å². The number of carbonyl (C=O) groups excluding carboxylic acids is 1. The SMILES string of the molecule is Cc1ccc2[nH]cc(CCC(=O)N3CCNCC3)c2c1. The first-order valence-corrected chi connectivity index (χ1v) is 7.29. The first-order valence-electron chi connectivity index (χ1n) is 7.29. The fourth-order valence-electron chi connectivity index (χ4n) is 2.81. The molecule has 1 saturated heterocycles. The van der Waals surface area contributed by atoms with Crippen LogP contribution in [0.1, 0.15) is 17.5 Å². The standard InChI is InChI=1S/C16H21N3O/c1-12-2-4-15-14(10-12)13(11-18-15)3-5-16(20)19-8-6-17-7-9-19/h2,4,10-11,17-18H,3,5-9H2,1H3. The van der Waals surface area contributed by atoms with Crippen molar-refractivity contribution in [2.45, 2.75) is 19.8 Å². The van der Waals surface area contributed by atoms with Gasteiger partial charge in [-0.2, -0.15) is 0 Å². The molecule has 106 valence electrons. The highest BCUT2D eigenvalue weighted by molar-refractivity contribution is 5.85. The minimum absolute atomic E-state index is 0.272. The number of H-pyrrole nitrogens is 1. The summed E-state index contributed by atoms with van der Waals surface area (Å²) in [7, 11) is 0. The molecule has 4 nitrogen and oxygen atoms in total. The van der Waals surface area contributed by atoms with Crippen LogP contribution in [0.15, 0.2) is 24.4 Å². The van der Waals surface area contributed by atoms with Crippen LogP contribution >= 0.6 is 0 Å². The maximum absolute atomic E-state index is 12.2. The third kappa shape index (κ3) is 2.70. The number of rotatable bonds is 3. The topological polar surface area (TPSA) is 48.1 Å². The van der Waals surface area contributed by atoms with Crippen molar-refractivity contribution in [1.82, 2.24) is 15.2 Å². The van der Waals surface area contributed by atoms with E-state index in [2.05, 4.69) is 35.4 Å². The van der Waals surface area contributed by atoms with Gasteiger partial charge in [-0.1, -0.05) is 11.6 Å². The van der Waals surface area contributed by atoms with Crippen molar-refractivity contribution in [1.29, 1.82) is 0 Å². The largest absolute Gasteiger partial charge is 0.361 e. The van der Waals surface area contributed by atoms with Crippen molar-refractivity contribution in [2.24, 2.45) is 0 Å². The molecule has 1 aromatic carbocycles. The number of aryl methyl sites for hydroxylation is 2. The summed E-state index contributed by atoms with van der Waals surface area (Å²) >= 11 is 0. The van der Waals surface area contributed by atoms with Crippen molar-refractivity contribution < 1.29 is 4.79 Å². The molecule has 20 heavy (non-hydrogen) atoms. The second-order valence-electron chi connectivity index (χ2n) is 5.49. The number of benzene rings is 1. The Bertz CT molecular complexity index is 611. The Balaban J connectivity index is 1.67. The summed E-state index contributed by atoms with van der Waals surface area (Å²) in [4.78, 5) is 17.4. The van der Waals surface area contributed by atoms with E-state index in [0.717, 1.165) is 38.1 Å². The van der Waals surface area contributed by atoms with Crippen LogP contribution in [0.2, 0.25) is 0 Å². The molecule has 0 unspecified atom stereocenters. The number of amides is 1. The first-order chi connectivity index (χ1) is 9.74. The zero-order valence-electron chi connectivity index (χ0n) is 11.9. The third-order valence-corrected chi connectivity index (χ3v) is 4.00. The van der Waals surface area contributed by atoms with Gasteiger partial charge in [-0.15, -0.1) is 0 Å². The number of fused-ring (bicyclic) bond motifs is 1. The van der Waals surface area contributed by atoms with Gasteiger partial charge >= 0.3 is 0 Å². The number of nitrogens with zero attached hydrogens (tertiary/aromatic N) is 1. The zero-order chi connectivity index (χ0) is 13.9. The number of carbonyl (C=O) groups is 1. The monoisotopic (exact) mass is 271 g/mol. The molecule has 2 aromatic rings. The van der Waals surface area contributed by atoms with Crippen LogP contribution in [0.4, 0.5) is 0 Å². The molecule has 0 saturated carbocycles. The molecule has 2 heterocycles. The average molecular weight is 271 g/mol. The van der Waals surface area contributed by atoms with E-state index in [1.54, 1.807) is 0 Å². The molecular formula is C16H21N3O. The molecule has 0 aliphatic carbocycles. The number of piperazine rings is 1. The van der Waals surface area contributed by atoms with E-state index in [4.69, 9.17) is 0 Å². The predicted molar refractivity (Wildman–Crippen MR) is 80.8 cm³/mol. The molecule has 4 heteroatoms. The Labute approximate surface area is 119 Å². The lowest BCUT2D eigenvalue weighted by Crippen LogP contribution is -2.46. The smallest absolute Gasteiger partial charge is 0.222 e. The average Bonchev–Trinajstić information content (AvgIpc) is 2.88. The number of nitrogens with one attached hydrogen (secondary N) is 2. The normalized spacial score (nSPS) is 15.8. The highest BCUT2D eigenvalue weighted by atomic mass is 16.2. The fraction of sp³-hybridized carbons (Fsp3) is 0.438. The molecule has 0 atom stereocenters. The molecule has 0 bridgehead atoms. The molecule has 2 N–H and O–H groups in total. The van der Waals surface area contributed by atoms with Gasteiger partial charge in [-0.05, 0) is 31.0 Å².